The monoisotopic (exact) mass is 857 g/mol. The molecule has 0 saturated carbocycles. The second-order valence-corrected chi connectivity index (χ2v) is 16.8. The molecule has 0 radical (unpaired) electrons. The van der Waals surface area contributed by atoms with Crippen LogP contribution in [-0.2, 0) is 30.4 Å². The number of rotatable bonds is 10. The molecule has 8 N–H and O–H groups in total. The standard InChI is InChI=1S/C38H27N5O13S3/c44-29-16-20(9-13-27(29)40-42-35-33(59(54,55)56)19-23-15-25(11-12-26(23)37(35)46)39-24-6-2-1-3-7-24)21-10-14-28(30(45)17-21)41-43-36-32(58(51,52)53)18-22-5-4-8-31(57(48,49)50)34(22)38(36)47/h1-19,39,44-47H,(H,48,49,50)(H,51,52,53)(H,54,55,56). The fraction of sp³-hybridized carbons (Fsp3) is 0. The second kappa shape index (κ2) is 15.1. The van der Waals surface area contributed by atoms with Gasteiger partial charge in [0.05, 0.1) is 0 Å². The summed E-state index contributed by atoms with van der Waals surface area (Å²) in [6.45, 7) is 0. The molecule has 0 saturated heterocycles. The van der Waals surface area contributed by atoms with Crippen LogP contribution in [0.5, 0.6) is 23.0 Å². The van der Waals surface area contributed by atoms with Crippen LogP contribution in [0.15, 0.2) is 150 Å². The zero-order chi connectivity index (χ0) is 42.4. The van der Waals surface area contributed by atoms with Crippen LogP contribution in [0.2, 0.25) is 0 Å². The quantitative estimate of drug-likeness (QED) is 0.0471. The average Bonchev–Trinajstić information content (AvgIpc) is 3.17. The maximum Gasteiger partial charge on any atom is 0.296 e. The number of hydrogen-bond donors (Lipinski definition) is 8. The number of nitrogens with zero attached hydrogens (tertiary/aromatic N) is 4. The molecule has 59 heavy (non-hydrogen) atoms. The summed E-state index contributed by atoms with van der Waals surface area (Å²) in [4.78, 5) is -2.49. The second-order valence-electron chi connectivity index (χ2n) is 12.7. The fourth-order valence-corrected chi connectivity index (χ4v) is 8.11. The normalized spacial score (nSPS) is 12.5. The summed E-state index contributed by atoms with van der Waals surface area (Å²) in [5.41, 5.74) is -0.0839. The molecule has 7 aromatic carbocycles. The number of nitrogens with one attached hydrogen (secondary N) is 1. The van der Waals surface area contributed by atoms with Crippen LogP contribution in [0.25, 0.3) is 32.7 Å². The number of aromatic hydroxyl groups is 4. The predicted molar refractivity (Wildman–Crippen MR) is 214 cm³/mol. The molecule has 21 heteroatoms. The van der Waals surface area contributed by atoms with Crippen LogP contribution in [0.4, 0.5) is 34.1 Å². The third-order valence-corrected chi connectivity index (χ3v) is 11.4. The van der Waals surface area contributed by atoms with Gasteiger partial charge in [-0.2, -0.15) is 25.3 Å². The Kier molecular flexibility index (Phi) is 10.3. The van der Waals surface area contributed by atoms with Gasteiger partial charge in [0.2, 0.25) is 0 Å². The van der Waals surface area contributed by atoms with Crippen molar-refractivity contribution in [2.45, 2.75) is 14.7 Å². The highest BCUT2D eigenvalue weighted by molar-refractivity contribution is 7.86. The summed E-state index contributed by atoms with van der Waals surface area (Å²) in [7, 11) is -15.0. The number of hydrogen-bond acceptors (Lipinski definition) is 15. The maximum absolute atomic E-state index is 12.4. The van der Waals surface area contributed by atoms with Gasteiger partial charge in [0.15, 0.2) is 11.5 Å². The first kappa shape index (κ1) is 40.2. The Hall–Kier alpha value is -7.01. The molecule has 0 aliphatic heterocycles. The number of anilines is 2. The minimum Gasteiger partial charge on any atom is -0.506 e. The van der Waals surface area contributed by atoms with E-state index in [0.29, 0.717) is 11.3 Å². The molecule has 7 rings (SSSR count). The molecule has 0 fully saturated rings. The van der Waals surface area contributed by atoms with E-state index in [4.69, 9.17) is 0 Å². The largest absolute Gasteiger partial charge is 0.506 e. The molecule has 0 aromatic heterocycles. The third kappa shape index (κ3) is 8.22. The van der Waals surface area contributed by atoms with Crippen LogP contribution >= 0.6 is 0 Å². The first-order chi connectivity index (χ1) is 27.8. The molecule has 0 aliphatic carbocycles. The van der Waals surface area contributed by atoms with Crippen molar-refractivity contribution in [2.75, 3.05) is 5.32 Å². The molecular weight excluding hydrogens is 831 g/mol. The highest BCUT2D eigenvalue weighted by atomic mass is 32.2. The van der Waals surface area contributed by atoms with Crippen molar-refractivity contribution in [3.8, 4) is 34.1 Å². The van der Waals surface area contributed by atoms with Gasteiger partial charge in [0.25, 0.3) is 30.4 Å². The van der Waals surface area contributed by atoms with E-state index in [1.54, 1.807) is 12.1 Å². The number of azo groups is 2. The SMILES string of the molecule is O=S(=O)(O)c1cc2cc(Nc3ccccc3)ccc2c(O)c1N=Nc1ccc(-c2ccc(N=Nc3c(S(=O)(=O)O)cc4cccc(S(=O)(=O)O)c4c3O)c(O)c2)cc1O. The van der Waals surface area contributed by atoms with Crippen molar-refractivity contribution in [1.29, 1.82) is 0 Å². The van der Waals surface area contributed by atoms with E-state index < -0.39 is 84.8 Å². The zero-order valence-corrected chi connectivity index (χ0v) is 32.0. The molecule has 0 spiro atoms. The summed E-state index contributed by atoms with van der Waals surface area (Å²) in [5, 5.41) is 61.7. The number of phenols is 4. The molecule has 0 heterocycles. The van der Waals surface area contributed by atoms with Gasteiger partial charge in [-0.3, -0.25) is 13.7 Å². The molecule has 0 unspecified atom stereocenters. The van der Waals surface area contributed by atoms with Crippen molar-refractivity contribution in [3.63, 3.8) is 0 Å². The van der Waals surface area contributed by atoms with Gasteiger partial charge >= 0.3 is 0 Å². The fourth-order valence-electron chi connectivity index (χ4n) is 6.07. The van der Waals surface area contributed by atoms with Crippen molar-refractivity contribution < 1.29 is 59.3 Å². The smallest absolute Gasteiger partial charge is 0.296 e. The van der Waals surface area contributed by atoms with E-state index >= 15 is 0 Å². The number of para-hydroxylation sites is 1. The van der Waals surface area contributed by atoms with Crippen LogP contribution in [0, 0.1) is 0 Å². The van der Waals surface area contributed by atoms with E-state index in [-0.39, 0.29) is 33.1 Å². The molecule has 0 amide bonds. The molecule has 300 valence electrons. The van der Waals surface area contributed by atoms with E-state index in [2.05, 4.69) is 25.8 Å². The summed E-state index contributed by atoms with van der Waals surface area (Å²) in [5.74, 6) is -2.70. The Morgan fingerprint density at radius 2 is 0.966 bits per heavy atom. The van der Waals surface area contributed by atoms with E-state index in [0.717, 1.165) is 30.0 Å². The first-order valence-corrected chi connectivity index (χ1v) is 20.9. The van der Waals surface area contributed by atoms with Crippen molar-refractivity contribution in [2.24, 2.45) is 20.5 Å². The lowest BCUT2D eigenvalue weighted by Gasteiger charge is -2.12. The van der Waals surface area contributed by atoms with Gasteiger partial charge in [0, 0.05) is 22.1 Å². The maximum atomic E-state index is 12.4. The minimum absolute atomic E-state index is 0.187. The lowest BCUT2D eigenvalue weighted by molar-refractivity contribution is 0.469. The lowest BCUT2D eigenvalue weighted by Crippen LogP contribution is -2.02. The molecular formula is C38H27N5O13S3. The predicted octanol–water partition coefficient (Wildman–Crippen LogP) is 8.80. The number of phenolic OH excluding ortho intramolecular Hbond substituents is 4. The van der Waals surface area contributed by atoms with Gasteiger partial charge in [-0.25, -0.2) is 0 Å². The summed E-state index contributed by atoms with van der Waals surface area (Å²) in [6.07, 6.45) is 0. The van der Waals surface area contributed by atoms with Crippen LogP contribution in [0.1, 0.15) is 0 Å². The summed E-state index contributed by atoms with van der Waals surface area (Å²) in [6, 6.07) is 26.8. The number of benzene rings is 7. The van der Waals surface area contributed by atoms with Crippen molar-refractivity contribution in [1.82, 2.24) is 0 Å². The van der Waals surface area contributed by atoms with Gasteiger partial charge in [0.1, 0.15) is 48.9 Å². The van der Waals surface area contributed by atoms with Crippen LogP contribution < -0.4 is 5.32 Å². The van der Waals surface area contributed by atoms with Gasteiger partial charge in [-0.05, 0) is 94.7 Å². The zero-order valence-electron chi connectivity index (χ0n) is 29.6. The van der Waals surface area contributed by atoms with E-state index in [9.17, 15) is 59.3 Å². The Labute approximate surface area is 334 Å². The number of fused-ring (bicyclic) bond motifs is 2. The van der Waals surface area contributed by atoms with Crippen LogP contribution in [-0.4, -0.2) is 59.3 Å². The highest BCUT2D eigenvalue weighted by Gasteiger charge is 2.26. The van der Waals surface area contributed by atoms with E-state index in [1.165, 1.54) is 48.5 Å². The minimum atomic E-state index is -5.09. The van der Waals surface area contributed by atoms with Crippen molar-refractivity contribution >= 4 is 86.0 Å². The molecule has 0 atom stereocenters. The van der Waals surface area contributed by atoms with Gasteiger partial charge in [-0.1, -0.05) is 42.5 Å². The Morgan fingerprint density at radius 1 is 0.441 bits per heavy atom. The van der Waals surface area contributed by atoms with Crippen LogP contribution in [0.3, 0.4) is 0 Å². The van der Waals surface area contributed by atoms with Crippen molar-refractivity contribution in [3.05, 3.63) is 115 Å². The van der Waals surface area contributed by atoms with Gasteiger partial charge < -0.3 is 25.7 Å². The summed E-state index contributed by atoms with van der Waals surface area (Å²) < 4.78 is 103. The van der Waals surface area contributed by atoms with Gasteiger partial charge in [-0.15, -0.1) is 20.5 Å². The Bertz CT molecular complexity index is 3270. The molecule has 0 bridgehead atoms. The third-order valence-electron chi connectivity index (χ3n) is 8.79. The Balaban J connectivity index is 1.18. The molecule has 18 nitrogen and oxygen atoms in total. The Morgan fingerprint density at radius 3 is 1.49 bits per heavy atom. The first-order valence-electron chi connectivity index (χ1n) is 16.6. The molecule has 0 aliphatic rings. The highest BCUT2D eigenvalue weighted by Crippen LogP contribution is 2.46. The summed E-state index contributed by atoms with van der Waals surface area (Å²) >= 11 is 0. The van der Waals surface area contributed by atoms with E-state index in [1.807, 2.05) is 30.3 Å². The molecule has 7 aromatic rings. The topological polar surface area (TPSA) is 306 Å². The lowest BCUT2D eigenvalue weighted by atomic mass is 10.0. The average molecular weight is 858 g/mol.